The van der Waals surface area contributed by atoms with Crippen molar-refractivity contribution in [1.82, 2.24) is 9.80 Å². The molecule has 0 aromatic heterocycles. The molecule has 1 aliphatic carbocycles. The number of carbonyl (C=O) groups excluding carboxylic acids is 1. The van der Waals surface area contributed by atoms with Gasteiger partial charge >= 0.3 is 0 Å². The van der Waals surface area contributed by atoms with Crippen LogP contribution in [0.25, 0.3) is 0 Å². The van der Waals surface area contributed by atoms with E-state index in [2.05, 4.69) is 47.9 Å². The summed E-state index contributed by atoms with van der Waals surface area (Å²) in [5, 5.41) is 10.9. The highest BCUT2D eigenvalue weighted by Crippen LogP contribution is 2.41. The second-order valence-corrected chi connectivity index (χ2v) is 9.93. The van der Waals surface area contributed by atoms with Gasteiger partial charge in [0.15, 0.2) is 0 Å². The Hall–Kier alpha value is -1.39. The number of aliphatic hydroxyl groups is 1. The van der Waals surface area contributed by atoms with Crippen molar-refractivity contribution in [1.29, 1.82) is 0 Å². The Labute approximate surface area is 169 Å². The number of benzene rings is 1. The number of rotatable bonds is 5. The van der Waals surface area contributed by atoms with Crippen LogP contribution in [0.4, 0.5) is 0 Å². The molecule has 2 heterocycles. The standard InChI is InChI=1S/C24H36N2O2/c1-18(2)14-19-4-6-20(7-5-19)15-25-13-10-22(27)24(16-25)11-3-12-26(17-24)23(28)21-8-9-21/h4-7,18,21-22,27H,3,8-17H2,1-2H3/t22-,24-/m1/s1. The molecule has 154 valence electrons. The summed E-state index contributed by atoms with van der Waals surface area (Å²) in [5.41, 5.74) is 2.62. The predicted molar refractivity (Wildman–Crippen MR) is 112 cm³/mol. The van der Waals surface area contributed by atoms with Crippen molar-refractivity contribution >= 4 is 5.91 Å². The number of piperidine rings is 2. The first-order chi connectivity index (χ1) is 13.4. The van der Waals surface area contributed by atoms with E-state index >= 15 is 0 Å². The highest BCUT2D eigenvalue weighted by atomic mass is 16.3. The van der Waals surface area contributed by atoms with Crippen LogP contribution >= 0.6 is 0 Å². The first-order valence-corrected chi connectivity index (χ1v) is 11.2. The van der Waals surface area contributed by atoms with Gasteiger partial charge in [-0.1, -0.05) is 38.1 Å². The second kappa shape index (κ2) is 8.16. The van der Waals surface area contributed by atoms with E-state index in [0.717, 1.165) is 71.2 Å². The highest BCUT2D eigenvalue weighted by Gasteiger charge is 2.47. The fourth-order valence-electron chi connectivity index (χ4n) is 5.22. The molecule has 1 N–H and O–H groups in total. The van der Waals surface area contributed by atoms with Crippen LogP contribution in [0.2, 0.25) is 0 Å². The van der Waals surface area contributed by atoms with E-state index in [1.165, 1.54) is 11.1 Å². The molecule has 2 aliphatic heterocycles. The van der Waals surface area contributed by atoms with Gasteiger partial charge in [0.25, 0.3) is 0 Å². The van der Waals surface area contributed by atoms with Crippen LogP contribution in [0.3, 0.4) is 0 Å². The summed E-state index contributed by atoms with van der Waals surface area (Å²) in [6.07, 6.45) is 5.83. The van der Waals surface area contributed by atoms with Crippen LogP contribution in [-0.2, 0) is 17.8 Å². The normalized spacial score (nSPS) is 28.9. The maximum Gasteiger partial charge on any atom is 0.225 e. The van der Waals surface area contributed by atoms with E-state index in [0.29, 0.717) is 11.8 Å². The summed E-state index contributed by atoms with van der Waals surface area (Å²) < 4.78 is 0. The largest absolute Gasteiger partial charge is 0.392 e. The van der Waals surface area contributed by atoms with Crippen LogP contribution in [0.1, 0.15) is 57.1 Å². The van der Waals surface area contributed by atoms with E-state index in [4.69, 9.17) is 0 Å². The van der Waals surface area contributed by atoms with E-state index in [9.17, 15) is 9.90 Å². The van der Waals surface area contributed by atoms with Gasteiger partial charge in [-0.3, -0.25) is 9.69 Å². The lowest BCUT2D eigenvalue weighted by molar-refractivity contribution is -0.142. The first kappa shape index (κ1) is 19.9. The number of aliphatic hydroxyl groups excluding tert-OH is 1. The van der Waals surface area contributed by atoms with Crippen molar-refractivity contribution in [3.63, 3.8) is 0 Å². The second-order valence-electron chi connectivity index (χ2n) is 9.93. The lowest BCUT2D eigenvalue weighted by Gasteiger charge is -2.51. The Morgan fingerprint density at radius 3 is 2.50 bits per heavy atom. The predicted octanol–water partition coefficient (Wildman–Crippen LogP) is 3.47. The van der Waals surface area contributed by atoms with Gasteiger partial charge in [-0.15, -0.1) is 0 Å². The van der Waals surface area contributed by atoms with Crippen LogP contribution in [-0.4, -0.2) is 53.1 Å². The van der Waals surface area contributed by atoms with Gasteiger partial charge in [0.1, 0.15) is 0 Å². The molecule has 1 spiro atoms. The number of amides is 1. The van der Waals surface area contributed by atoms with E-state index in [1.54, 1.807) is 0 Å². The van der Waals surface area contributed by atoms with Crippen molar-refractivity contribution in [2.75, 3.05) is 26.2 Å². The van der Waals surface area contributed by atoms with Crippen LogP contribution in [0, 0.1) is 17.3 Å². The molecule has 4 rings (SSSR count). The Balaban J connectivity index is 1.40. The summed E-state index contributed by atoms with van der Waals surface area (Å²) in [5.74, 6) is 1.29. The molecule has 3 fully saturated rings. The molecule has 2 atom stereocenters. The minimum Gasteiger partial charge on any atom is -0.392 e. The molecule has 1 amide bonds. The Morgan fingerprint density at radius 2 is 1.82 bits per heavy atom. The molecule has 0 unspecified atom stereocenters. The molecule has 4 heteroatoms. The Morgan fingerprint density at radius 1 is 1.11 bits per heavy atom. The summed E-state index contributed by atoms with van der Waals surface area (Å²) in [7, 11) is 0. The topological polar surface area (TPSA) is 43.8 Å². The maximum atomic E-state index is 12.6. The van der Waals surface area contributed by atoms with Gasteiger partial charge in [-0.05, 0) is 55.6 Å². The minimum absolute atomic E-state index is 0.140. The fraction of sp³-hybridized carbons (Fsp3) is 0.708. The Kier molecular flexibility index (Phi) is 5.80. The molecule has 0 bridgehead atoms. The lowest BCUT2D eigenvalue weighted by atomic mass is 9.71. The highest BCUT2D eigenvalue weighted by molar-refractivity contribution is 5.81. The van der Waals surface area contributed by atoms with E-state index in [-0.39, 0.29) is 17.4 Å². The van der Waals surface area contributed by atoms with Crippen molar-refractivity contribution in [2.24, 2.45) is 17.3 Å². The molecule has 1 aromatic rings. The molecule has 0 radical (unpaired) electrons. The first-order valence-electron chi connectivity index (χ1n) is 11.2. The third kappa shape index (κ3) is 4.44. The third-order valence-electron chi connectivity index (χ3n) is 6.88. The third-order valence-corrected chi connectivity index (χ3v) is 6.88. The van der Waals surface area contributed by atoms with E-state index in [1.807, 2.05) is 0 Å². The van der Waals surface area contributed by atoms with Crippen molar-refractivity contribution in [2.45, 2.75) is 65.0 Å². The quantitative estimate of drug-likeness (QED) is 0.845. The van der Waals surface area contributed by atoms with Gasteiger partial charge in [0, 0.05) is 44.1 Å². The van der Waals surface area contributed by atoms with Crippen LogP contribution in [0.5, 0.6) is 0 Å². The van der Waals surface area contributed by atoms with Crippen molar-refractivity contribution < 1.29 is 9.90 Å². The summed E-state index contributed by atoms with van der Waals surface area (Å²) in [6, 6.07) is 9.06. The summed E-state index contributed by atoms with van der Waals surface area (Å²) in [6.45, 7) is 8.91. The van der Waals surface area contributed by atoms with Gasteiger partial charge < -0.3 is 10.0 Å². The molecular formula is C24H36N2O2. The van der Waals surface area contributed by atoms with Crippen LogP contribution < -0.4 is 0 Å². The van der Waals surface area contributed by atoms with E-state index < -0.39 is 0 Å². The number of hydrogen-bond acceptors (Lipinski definition) is 3. The van der Waals surface area contributed by atoms with Gasteiger partial charge in [0.05, 0.1) is 6.10 Å². The average molecular weight is 385 g/mol. The van der Waals surface area contributed by atoms with Gasteiger partial charge in [-0.25, -0.2) is 0 Å². The SMILES string of the molecule is CC(C)Cc1ccc(CN2CC[C@@H](O)[C@]3(CCCN(C(=O)C4CC4)C3)C2)cc1. The Bertz CT molecular complexity index is 682. The van der Waals surface area contributed by atoms with Gasteiger partial charge in [-0.2, -0.15) is 0 Å². The molecular weight excluding hydrogens is 348 g/mol. The van der Waals surface area contributed by atoms with Crippen molar-refractivity contribution in [3.05, 3.63) is 35.4 Å². The molecule has 1 aromatic carbocycles. The zero-order valence-electron chi connectivity index (χ0n) is 17.6. The monoisotopic (exact) mass is 384 g/mol. The number of carbonyl (C=O) groups is 1. The molecule has 1 saturated carbocycles. The zero-order chi connectivity index (χ0) is 19.7. The number of likely N-dealkylation sites (tertiary alicyclic amines) is 2. The number of hydrogen-bond donors (Lipinski definition) is 1. The summed E-state index contributed by atoms with van der Waals surface area (Å²) in [4.78, 5) is 17.2. The number of nitrogens with zero attached hydrogens (tertiary/aromatic N) is 2. The van der Waals surface area contributed by atoms with Crippen LogP contribution in [0.15, 0.2) is 24.3 Å². The van der Waals surface area contributed by atoms with Gasteiger partial charge in [0.2, 0.25) is 5.91 Å². The fourth-order valence-corrected chi connectivity index (χ4v) is 5.22. The maximum absolute atomic E-state index is 12.6. The smallest absolute Gasteiger partial charge is 0.225 e. The van der Waals surface area contributed by atoms with Crippen molar-refractivity contribution in [3.8, 4) is 0 Å². The molecule has 28 heavy (non-hydrogen) atoms. The minimum atomic E-state index is -0.285. The zero-order valence-corrected chi connectivity index (χ0v) is 17.6. The lowest BCUT2D eigenvalue weighted by Crippen LogP contribution is -2.59. The summed E-state index contributed by atoms with van der Waals surface area (Å²) >= 11 is 0. The molecule has 3 aliphatic rings. The molecule has 2 saturated heterocycles. The average Bonchev–Trinajstić information content (AvgIpc) is 3.51. The molecule has 4 nitrogen and oxygen atoms in total.